The van der Waals surface area contributed by atoms with E-state index in [9.17, 15) is 9.59 Å². The van der Waals surface area contributed by atoms with Gasteiger partial charge in [0.15, 0.2) is 0 Å². The van der Waals surface area contributed by atoms with Crippen LogP contribution in [0.5, 0.6) is 0 Å². The summed E-state index contributed by atoms with van der Waals surface area (Å²) in [6, 6.07) is 20.8. The number of hydrogen-bond acceptors (Lipinski definition) is 3. The number of nitrogens with zero attached hydrogens (tertiary/aromatic N) is 2. The highest BCUT2D eigenvalue weighted by Gasteiger charge is 2.39. The third kappa shape index (κ3) is 3.90. The fourth-order valence-electron chi connectivity index (χ4n) is 3.67. The highest BCUT2D eigenvalue weighted by molar-refractivity contribution is 6.11. The van der Waals surface area contributed by atoms with Gasteiger partial charge in [0.05, 0.1) is 23.7 Å². The van der Waals surface area contributed by atoms with Gasteiger partial charge in [-0.2, -0.15) is 0 Å². The summed E-state index contributed by atoms with van der Waals surface area (Å²) in [4.78, 5) is 31.8. The van der Waals surface area contributed by atoms with E-state index in [0.717, 1.165) is 17.7 Å². The molecular formula is C24H23N3O2. The molecule has 0 radical (unpaired) electrons. The fourth-order valence-corrected chi connectivity index (χ4v) is 3.67. The van der Waals surface area contributed by atoms with E-state index in [2.05, 4.69) is 29.4 Å². The number of carbonyl (C=O) groups excluding carboxylic acids is 2. The molecule has 2 heterocycles. The highest BCUT2D eigenvalue weighted by Crippen LogP contribution is 2.38. The number of aryl methyl sites for hydroxylation is 1. The first-order valence-electron chi connectivity index (χ1n) is 9.85. The van der Waals surface area contributed by atoms with Crippen LogP contribution in [0.25, 0.3) is 0 Å². The summed E-state index contributed by atoms with van der Waals surface area (Å²) in [5.74, 6) is -0.228. The summed E-state index contributed by atoms with van der Waals surface area (Å²) in [6.45, 7) is 2.58. The van der Waals surface area contributed by atoms with Crippen LogP contribution in [0.4, 0.5) is 5.69 Å². The van der Waals surface area contributed by atoms with Crippen molar-refractivity contribution in [2.45, 2.75) is 32.4 Å². The molecule has 0 saturated carbocycles. The summed E-state index contributed by atoms with van der Waals surface area (Å²) in [5.41, 5.74) is 4.30. The lowest BCUT2D eigenvalue weighted by molar-refractivity contribution is -0.121. The van der Waals surface area contributed by atoms with Gasteiger partial charge in [0.1, 0.15) is 0 Å². The van der Waals surface area contributed by atoms with Crippen LogP contribution in [0.2, 0.25) is 0 Å². The summed E-state index contributed by atoms with van der Waals surface area (Å²) in [7, 11) is 0. The van der Waals surface area contributed by atoms with Gasteiger partial charge in [-0.15, -0.1) is 0 Å². The molecule has 29 heavy (non-hydrogen) atoms. The smallest absolute Gasteiger partial charge is 0.260 e. The van der Waals surface area contributed by atoms with Crippen LogP contribution in [-0.2, 0) is 17.8 Å². The first-order valence-corrected chi connectivity index (χ1v) is 9.85. The minimum atomic E-state index is -0.413. The minimum Gasteiger partial charge on any atom is -0.352 e. The van der Waals surface area contributed by atoms with Crippen molar-refractivity contribution >= 4 is 17.5 Å². The summed E-state index contributed by atoms with van der Waals surface area (Å²) < 4.78 is 0. The Balaban J connectivity index is 1.51. The van der Waals surface area contributed by atoms with Crippen molar-refractivity contribution in [1.29, 1.82) is 0 Å². The average Bonchev–Trinajstić information content (AvgIpc) is 3.05. The predicted molar refractivity (Wildman–Crippen MR) is 113 cm³/mol. The molecule has 0 unspecified atom stereocenters. The number of fused-ring (bicyclic) bond motifs is 1. The van der Waals surface area contributed by atoms with E-state index >= 15 is 0 Å². The second kappa shape index (κ2) is 8.27. The van der Waals surface area contributed by atoms with Crippen LogP contribution in [0.1, 0.15) is 46.6 Å². The number of hydrogen-bond donors (Lipinski definition) is 1. The second-order valence-electron chi connectivity index (χ2n) is 7.11. The van der Waals surface area contributed by atoms with Crippen LogP contribution < -0.4 is 10.2 Å². The van der Waals surface area contributed by atoms with E-state index in [0.29, 0.717) is 17.8 Å². The summed E-state index contributed by atoms with van der Waals surface area (Å²) in [6.07, 6.45) is 2.82. The van der Waals surface area contributed by atoms with Gasteiger partial charge in [0.25, 0.3) is 5.91 Å². The van der Waals surface area contributed by atoms with Gasteiger partial charge in [-0.05, 0) is 41.8 Å². The molecule has 1 aliphatic rings. The lowest BCUT2D eigenvalue weighted by Gasteiger charge is -2.24. The molecule has 5 heteroatoms. The van der Waals surface area contributed by atoms with Crippen molar-refractivity contribution in [2.24, 2.45) is 0 Å². The Bertz CT molecular complexity index is 1020. The normalized spacial score (nSPS) is 15.3. The number of carbonyl (C=O) groups is 2. The largest absolute Gasteiger partial charge is 0.352 e. The molecule has 2 amide bonds. The van der Waals surface area contributed by atoms with Crippen LogP contribution >= 0.6 is 0 Å². The maximum absolute atomic E-state index is 13.0. The number of benzene rings is 2. The molecule has 1 aromatic heterocycles. The van der Waals surface area contributed by atoms with Crippen molar-refractivity contribution < 1.29 is 9.59 Å². The lowest BCUT2D eigenvalue weighted by Crippen LogP contribution is -2.32. The van der Waals surface area contributed by atoms with Crippen LogP contribution in [-0.4, -0.2) is 16.8 Å². The van der Waals surface area contributed by atoms with E-state index in [1.807, 2.05) is 42.5 Å². The average molecular weight is 385 g/mol. The monoisotopic (exact) mass is 385 g/mol. The van der Waals surface area contributed by atoms with E-state index in [1.54, 1.807) is 23.2 Å². The standard InChI is InChI=1S/C24H23N3O2/c1-2-17-10-12-18(13-11-17)16-26-22(28)15-21-23-20(9-6-14-25-23)24(29)27(21)19-7-4-3-5-8-19/h3-14,21H,2,15-16H2,1H3,(H,26,28)/t21-/m0/s1. The number of aromatic nitrogens is 1. The quantitative estimate of drug-likeness (QED) is 0.696. The Morgan fingerprint density at radius 3 is 2.45 bits per heavy atom. The van der Waals surface area contributed by atoms with Crippen LogP contribution in [0.3, 0.4) is 0 Å². The SMILES string of the molecule is CCc1ccc(CNC(=O)C[C@H]2c3ncccc3C(=O)N2c2ccccc2)cc1. The molecule has 146 valence electrons. The number of rotatable bonds is 6. The molecule has 1 atom stereocenters. The van der Waals surface area contributed by atoms with Gasteiger partial charge >= 0.3 is 0 Å². The zero-order valence-corrected chi connectivity index (χ0v) is 16.3. The molecule has 1 N–H and O–H groups in total. The zero-order chi connectivity index (χ0) is 20.2. The molecule has 1 aliphatic heterocycles. The van der Waals surface area contributed by atoms with E-state index < -0.39 is 6.04 Å². The minimum absolute atomic E-state index is 0.109. The number of para-hydroxylation sites is 1. The van der Waals surface area contributed by atoms with Crippen molar-refractivity contribution in [2.75, 3.05) is 4.90 Å². The Morgan fingerprint density at radius 1 is 1.00 bits per heavy atom. The van der Waals surface area contributed by atoms with Gasteiger partial charge < -0.3 is 5.32 Å². The van der Waals surface area contributed by atoms with Gasteiger partial charge in [0, 0.05) is 18.4 Å². The molecule has 0 aliphatic carbocycles. The summed E-state index contributed by atoms with van der Waals surface area (Å²) >= 11 is 0. The fraction of sp³-hybridized carbons (Fsp3) is 0.208. The molecule has 0 bridgehead atoms. The third-order valence-electron chi connectivity index (χ3n) is 5.25. The first kappa shape index (κ1) is 18.9. The number of amides is 2. The van der Waals surface area contributed by atoms with Gasteiger partial charge in [-0.25, -0.2) is 0 Å². The maximum Gasteiger partial charge on any atom is 0.260 e. The number of nitrogens with one attached hydrogen (secondary N) is 1. The van der Waals surface area contributed by atoms with Crippen molar-refractivity contribution in [1.82, 2.24) is 10.3 Å². The molecule has 3 aromatic rings. The number of pyridine rings is 1. The summed E-state index contributed by atoms with van der Waals surface area (Å²) in [5, 5.41) is 2.98. The van der Waals surface area contributed by atoms with Crippen molar-refractivity contribution in [3.8, 4) is 0 Å². The lowest BCUT2D eigenvalue weighted by atomic mass is 10.1. The van der Waals surface area contributed by atoms with Gasteiger partial charge in [0.2, 0.25) is 5.91 Å². The Labute approximate surface area is 170 Å². The topological polar surface area (TPSA) is 62.3 Å². The number of anilines is 1. The molecule has 0 spiro atoms. The van der Waals surface area contributed by atoms with Gasteiger partial charge in [-0.1, -0.05) is 49.4 Å². The third-order valence-corrected chi connectivity index (χ3v) is 5.25. The van der Waals surface area contributed by atoms with Crippen LogP contribution in [0, 0.1) is 0 Å². The zero-order valence-electron chi connectivity index (χ0n) is 16.3. The molecule has 4 rings (SSSR count). The van der Waals surface area contributed by atoms with Crippen molar-refractivity contribution in [3.63, 3.8) is 0 Å². The molecule has 5 nitrogen and oxygen atoms in total. The first-order chi connectivity index (χ1) is 14.2. The van der Waals surface area contributed by atoms with Crippen molar-refractivity contribution in [3.05, 3.63) is 95.3 Å². The predicted octanol–water partition coefficient (Wildman–Crippen LogP) is 4.05. The molecule has 0 fully saturated rings. The Morgan fingerprint density at radius 2 is 1.72 bits per heavy atom. The van der Waals surface area contributed by atoms with Gasteiger partial charge in [-0.3, -0.25) is 19.5 Å². The molecule has 0 saturated heterocycles. The van der Waals surface area contributed by atoms with E-state index in [1.165, 1.54) is 5.56 Å². The second-order valence-corrected chi connectivity index (χ2v) is 7.11. The Hall–Kier alpha value is -3.47. The van der Waals surface area contributed by atoms with Crippen LogP contribution in [0.15, 0.2) is 72.9 Å². The molecule has 2 aromatic carbocycles. The van der Waals surface area contributed by atoms with E-state index in [-0.39, 0.29) is 18.2 Å². The maximum atomic E-state index is 13.0. The Kier molecular flexibility index (Phi) is 5.38. The van der Waals surface area contributed by atoms with E-state index in [4.69, 9.17) is 0 Å². The molecular weight excluding hydrogens is 362 g/mol. The highest BCUT2D eigenvalue weighted by atomic mass is 16.2.